The Kier molecular flexibility index (Phi) is 3.24. The summed E-state index contributed by atoms with van der Waals surface area (Å²) >= 11 is 1.96. The number of thioether (sulfide) groups is 1. The molecule has 0 unspecified atom stereocenters. The van der Waals surface area contributed by atoms with Gasteiger partial charge in [0.2, 0.25) is 5.91 Å². The maximum atomic E-state index is 12.9. The third-order valence-electron chi connectivity index (χ3n) is 4.34. The van der Waals surface area contributed by atoms with E-state index < -0.39 is 0 Å². The standard InChI is InChI=1S/C16H22N2OS/c1-15(2)11-18(9-10-20-15)14(19)16(7-8-16)12-3-5-13(17)6-4-12/h3-6H,7-11,17H2,1-2H3. The van der Waals surface area contributed by atoms with Crippen LogP contribution in [0.4, 0.5) is 5.69 Å². The molecule has 0 bridgehead atoms. The van der Waals surface area contributed by atoms with Crippen molar-refractivity contribution in [1.82, 2.24) is 4.90 Å². The lowest BCUT2D eigenvalue weighted by Crippen LogP contribution is -2.49. The molecule has 1 aliphatic carbocycles. The average molecular weight is 290 g/mol. The summed E-state index contributed by atoms with van der Waals surface area (Å²) in [6.45, 7) is 6.18. The van der Waals surface area contributed by atoms with Crippen LogP contribution in [0.1, 0.15) is 32.3 Å². The second-order valence-corrected chi connectivity index (χ2v) is 8.34. The zero-order valence-corrected chi connectivity index (χ0v) is 13.0. The van der Waals surface area contributed by atoms with Crippen LogP contribution in [-0.4, -0.2) is 34.4 Å². The van der Waals surface area contributed by atoms with Crippen molar-refractivity contribution in [2.75, 3.05) is 24.6 Å². The van der Waals surface area contributed by atoms with Crippen molar-refractivity contribution in [3.05, 3.63) is 29.8 Å². The third kappa shape index (κ3) is 2.41. The molecular formula is C16H22N2OS. The second kappa shape index (κ2) is 4.69. The topological polar surface area (TPSA) is 46.3 Å². The predicted octanol–water partition coefficient (Wildman–Crippen LogP) is 2.65. The van der Waals surface area contributed by atoms with Crippen LogP contribution >= 0.6 is 11.8 Å². The number of carbonyl (C=O) groups excluding carboxylic acids is 1. The Labute approximate surface area is 124 Å². The van der Waals surface area contributed by atoms with Crippen LogP contribution in [-0.2, 0) is 10.2 Å². The highest BCUT2D eigenvalue weighted by atomic mass is 32.2. The summed E-state index contributed by atoms with van der Waals surface area (Å²) in [6.07, 6.45) is 1.94. The molecular weight excluding hydrogens is 268 g/mol. The highest BCUT2D eigenvalue weighted by molar-refractivity contribution is 8.00. The number of nitrogens with zero attached hydrogens (tertiary/aromatic N) is 1. The number of carbonyl (C=O) groups is 1. The fraction of sp³-hybridized carbons (Fsp3) is 0.562. The van der Waals surface area contributed by atoms with E-state index in [2.05, 4.69) is 18.7 Å². The summed E-state index contributed by atoms with van der Waals surface area (Å²) in [5.74, 6) is 1.35. The second-order valence-electron chi connectivity index (χ2n) is 6.54. The minimum Gasteiger partial charge on any atom is -0.399 e. The van der Waals surface area contributed by atoms with Crippen molar-refractivity contribution in [3.8, 4) is 0 Å². The molecule has 3 rings (SSSR count). The molecule has 1 aromatic rings. The fourth-order valence-electron chi connectivity index (χ4n) is 3.05. The number of nitrogens with two attached hydrogens (primary N) is 1. The maximum absolute atomic E-state index is 12.9. The quantitative estimate of drug-likeness (QED) is 0.852. The number of anilines is 1. The van der Waals surface area contributed by atoms with Crippen LogP contribution < -0.4 is 5.73 Å². The Morgan fingerprint density at radius 2 is 1.90 bits per heavy atom. The van der Waals surface area contributed by atoms with Crippen molar-refractivity contribution in [3.63, 3.8) is 0 Å². The van der Waals surface area contributed by atoms with Gasteiger partial charge < -0.3 is 10.6 Å². The summed E-state index contributed by atoms with van der Waals surface area (Å²) in [4.78, 5) is 15.0. The molecule has 1 heterocycles. The first kappa shape index (κ1) is 13.8. The minimum atomic E-state index is -0.258. The first-order valence-corrected chi connectivity index (χ1v) is 8.21. The highest BCUT2D eigenvalue weighted by Crippen LogP contribution is 2.50. The molecule has 2 aliphatic rings. The molecule has 20 heavy (non-hydrogen) atoms. The predicted molar refractivity (Wildman–Crippen MR) is 84.9 cm³/mol. The van der Waals surface area contributed by atoms with E-state index >= 15 is 0 Å². The van der Waals surface area contributed by atoms with E-state index in [1.54, 1.807) is 0 Å². The Morgan fingerprint density at radius 3 is 2.45 bits per heavy atom. The van der Waals surface area contributed by atoms with Gasteiger partial charge in [-0.15, -0.1) is 0 Å². The molecule has 1 saturated carbocycles. The third-order valence-corrected chi connectivity index (χ3v) is 5.63. The van der Waals surface area contributed by atoms with Gasteiger partial charge in [-0.25, -0.2) is 0 Å². The molecule has 2 fully saturated rings. The number of hydrogen-bond donors (Lipinski definition) is 1. The Bertz CT molecular complexity index is 520. The molecule has 1 amide bonds. The van der Waals surface area contributed by atoms with Crippen LogP contribution in [0.5, 0.6) is 0 Å². The number of rotatable bonds is 2. The van der Waals surface area contributed by atoms with Gasteiger partial charge >= 0.3 is 0 Å². The molecule has 108 valence electrons. The Hall–Kier alpha value is -1.16. The number of amides is 1. The molecule has 1 saturated heterocycles. The van der Waals surface area contributed by atoms with E-state index in [0.717, 1.165) is 42.9 Å². The lowest BCUT2D eigenvalue weighted by molar-refractivity contribution is -0.134. The van der Waals surface area contributed by atoms with Gasteiger partial charge in [0.15, 0.2) is 0 Å². The van der Waals surface area contributed by atoms with E-state index in [4.69, 9.17) is 5.73 Å². The molecule has 4 heteroatoms. The van der Waals surface area contributed by atoms with Gasteiger partial charge in [-0.05, 0) is 44.4 Å². The fourth-order valence-corrected chi connectivity index (χ4v) is 4.16. The lowest BCUT2D eigenvalue weighted by atomic mass is 9.93. The normalized spacial score (nSPS) is 23.4. The smallest absolute Gasteiger partial charge is 0.233 e. The van der Waals surface area contributed by atoms with E-state index in [1.165, 1.54) is 0 Å². The number of benzene rings is 1. The maximum Gasteiger partial charge on any atom is 0.233 e. The first-order valence-electron chi connectivity index (χ1n) is 7.22. The van der Waals surface area contributed by atoms with Gasteiger partial charge in [0.1, 0.15) is 0 Å². The largest absolute Gasteiger partial charge is 0.399 e. The molecule has 2 N–H and O–H groups in total. The lowest BCUT2D eigenvalue weighted by Gasteiger charge is -2.39. The molecule has 0 atom stereocenters. The van der Waals surface area contributed by atoms with Gasteiger partial charge in [0.05, 0.1) is 5.41 Å². The monoisotopic (exact) mass is 290 g/mol. The molecule has 1 aliphatic heterocycles. The SMILES string of the molecule is CC1(C)CN(C(=O)C2(c3ccc(N)cc3)CC2)CCS1. The van der Waals surface area contributed by atoms with Gasteiger partial charge in [-0.1, -0.05) is 12.1 Å². The summed E-state index contributed by atoms with van der Waals surface area (Å²) in [5, 5.41) is 0. The van der Waals surface area contributed by atoms with Crippen molar-refractivity contribution in [2.45, 2.75) is 36.9 Å². The average Bonchev–Trinajstić information content (AvgIpc) is 3.19. The van der Waals surface area contributed by atoms with Crippen LogP contribution in [0.3, 0.4) is 0 Å². The van der Waals surface area contributed by atoms with Gasteiger partial charge in [-0.2, -0.15) is 11.8 Å². The van der Waals surface area contributed by atoms with Crippen LogP contribution in [0.2, 0.25) is 0 Å². The van der Waals surface area contributed by atoms with Crippen molar-refractivity contribution in [1.29, 1.82) is 0 Å². The van der Waals surface area contributed by atoms with Crippen LogP contribution in [0.15, 0.2) is 24.3 Å². The van der Waals surface area contributed by atoms with Crippen LogP contribution in [0, 0.1) is 0 Å². The van der Waals surface area contributed by atoms with E-state index in [0.29, 0.717) is 5.91 Å². The van der Waals surface area contributed by atoms with E-state index in [1.807, 2.05) is 36.0 Å². The zero-order chi connectivity index (χ0) is 14.4. The molecule has 0 radical (unpaired) electrons. The van der Waals surface area contributed by atoms with E-state index in [9.17, 15) is 4.79 Å². The van der Waals surface area contributed by atoms with E-state index in [-0.39, 0.29) is 10.2 Å². The first-order chi connectivity index (χ1) is 9.43. The molecule has 0 spiro atoms. The zero-order valence-electron chi connectivity index (χ0n) is 12.2. The van der Waals surface area contributed by atoms with Crippen molar-refractivity contribution >= 4 is 23.4 Å². The summed E-state index contributed by atoms with van der Waals surface area (Å²) in [6, 6.07) is 7.84. The van der Waals surface area contributed by atoms with Gasteiger partial charge in [0.25, 0.3) is 0 Å². The summed E-state index contributed by atoms with van der Waals surface area (Å²) in [5.41, 5.74) is 7.38. The van der Waals surface area contributed by atoms with Crippen LogP contribution in [0.25, 0.3) is 0 Å². The summed E-state index contributed by atoms with van der Waals surface area (Å²) in [7, 11) is 0. The summed E-state index contributed by atoms with van der Waals surface area (Å²) < 4.78 is 0.172. The van der Waals surface area contributed by atoms with Gasteiger partial charge in [-0.3, -0.25) is 4.79 Å². The Balaban J connectivity index is 1.81. The molecule has 1 aromatic carbocycles. The Morgan fingerprint density at radius 1 is 1.25 bits per heavy atom. The number of nitrogen functional groups attached to an aromatic ring is 1. The molecule has 3 nitrogen and oxygen atoms in total. The minimum absolute atomic E-state index is 0.172. The number of hydrogen-bond acceptors (Lipinski definition) is 3. The molecule has 0 aromatic heterocycles. The van der Waals surface area contributed by atoms with Gasteiger partial charge in [0, 0.05) is 29.3 Å². The van der Waals surface area contributed by atoms with Crippen molar-refractivity contribution in [2.24, 2.45) is 0 Å². The highest BCUT2D eigenvalue weighted by Gasteiger charge is 2.53. The van der Waals surface area contributed by atoms with Crippen molar-refractivity contribution < 1.29 is 4.79 Å².